The summed E-state index contributed by atoms with van der Waals surface area (Å²) in [5.41, 5.74) is 3.62. The molecule has 1 aliphatic heterocycles. The van der Waals surface area contributed by atoms with Gasteiger partial charge in [0, 0.05) is 29.8 Å². The first-order chi connectivity index (χ1) is 14.0. The number of fused-ring (bicyclic) bond motifs is 1. The molecule has 0 spiro atoms. The van der Waals surface area contributed by atoms with Gasteiger partial charge in [-0.3, -0.25) is 9.59 Å². The first-order valence-corrected chi connectivity index (χ1v) is 9.36. The number of para-hydroxylation sites is 1. The highest BCUT2D eigenvalue weighted by atomic mass is 16.5. The highest BCUT2D eigenvalue weighted by Gasteiger charge is 2.28. The summed E-state index contributed by atoms with van der Waals surface area (Å²) >= 11 is 0. The number of anilines is 1. The minimum atomic E-state index is -0.579. The molecule has 0 radical (unpaired) electrons. The van der Waals surface area contributed by atoms with Gasteiger partial charge in [-0.15, -0.1) is 0 Å². The molecule has 29 heavy (non-hydrogen) atoms. The maximum Gasteiger partial charge on any atom is 0.265 e. The largest absolute Gasteiger partial charge is 0.480 e. The summed E-state index contributed by atoms with van der Waals surface area (Å²) in [7, 11) is 0. The van der Waals surface area contributed by atoms with E-state index in [1.54, 1.807) is 31.2 Å². The summed E-state index contributed by atoms with van der Waals surface area (Å²) < 4.78 is 10.8. The van der Waals surface area contributed by atoms with Crippen LogP contribution in [0.3, 0.4) is 0 Å². The van der Waals surface area contributed by atoms with Crippen LogP contribution in [0.15, 0.2) is 53.1 Å². The molecule has 7 heteroatoms. The third-order valence-corrected chi connectivity index (χ3v) is 4.94. The molecule has 1 aliphatic rings. The molecule has 1 aromatic heterocycles. The molecule has 0 aliphatic carbocycles. The molecule has 4 rings (SSSR count). The van der Waals surface area contributed by atoms with Crippen molar-refractivity contribution in [3.05, 3.63) is 76.7 Å². The van der Waals surface area contributed by atoms with Gasteiger partial charge in [-0.2, -0.15) is 0 Å². The predicted molar refractivity (Wildman–Crippen MR) is 107 cm³/mol. The molecule has 2 aromatic carbocycles. The van der Waals surface area contributed by atoms with Gasteiger partial charge >= 0.3 is 0 Å². The van der Waals surface area contributed by atoms with Gasteiger partial charge < -0.3 is 19.9 Å². The van der Waals surface area contributed by atoms with Crippen molar-refractivity contribution in [1.82, 2.24) is 10.5 Å². The fourth-order valence-electron chi connectivity index (χ4n) is 3.31. The molecule has 0 bridgehead atoms. The zero-order chi connectivity index (χ0) is 20.4. The van der Waals surface area contributed by atoms with E-state index in [4.69, 9.17) is 9.26 Å². The Morgan fingerprint density at radius 1 is 1.14 bits per heavy atom. The third-order valence-electron chi connectivity index (χ3n) is 4.94. The molecule has 2 heterocycles. The number of ether oxygens (including phenoxy) is 1. The van der Waals surface area contributed by atoms with Crippen LogP contribution in [-0.4, -0.2) is 23.1 Å². The number of rotatable bonds is 5. The summed E-state index contributed by atoms with van der Waals surface area (Å²) in [5.74, 6) is 0.932. The van der Waals surface area contributed by atoms with Crippen molar-refractivity contribution < 1.29 is 18.8 Å². The van der Waals surface area contributed by atoms with Gasteiger partial charge in [0.05, 0.1) is 5.69 Å². The third kappa shape index (κ3) is 3.99. The maximum atomic E-state index is 12.6. The Morgan fingerprint density at radius 2 is 1.97 bits per heavy atom. The number of hydrogen-bond donors (Lipinski definition) is 2. The zero-order valence-electron chi connectivity index (χ0n) is 16.2. The van der Waals surface area contributed by atoms with E-state index < -0.39 is 6.10 Å². The molecule has 1 unspecified atom stereocenters. The van der Waals surface area contributed by atoms with Gasteiger partial charge in [0.1, 0.15) is 11.5 Å². The molecule has 148 valence electrons. The Morgan fingerprint density at radius 3 is 2.72 bits per heavy atom. The second-order valence-corrected chi connectivity index (χ2v) is 6.97. The van der Waals surface area contributed by atoms with Crippen LogP contribution in [0, 0.1) is 13.8 Å². The monoisotopic (exact) mass is 391 g/mol. The molecule has 2 N–H and O–H groups in total. The maximum absolute atomic E-state index is 12.6. The molecule has 7 nitrogen and oxygen atoms in total. The van der Waals surface area contributed by atoms with Crippen LogP contribution in [0.4, 0.5) is 5.69 Å². The van der Waals surface area contributed by atoms with E-state index in [2.05, 4.69) is 15.8 Å². The fourth-order valence-corrected chi connectivity index (χ4v) is 3.31. The van der Waals surface area contributed by atoms with Crippen molar-refractivity contribution in [1.29, 1.82) is 0 Å². The van der Waals surface area contributed by atoms with Crippen molar-refractivity contribution in [2.75, 3.05) is 5.32 Å². The van der Waals surface area contributed by atoms with E-state index in [0.717, 1.165) is 22.6 Å². The van der Waals surface area contributed by atoms with Crippen molar-refractivity contribution in [2.24, 2.45) is 0 Å². The summed E-state index contributed by atoms with van der Waals surface area (Å²) in [6.07, 6.45) is -0.0518. The quantitative estimate of drug-likeness (QED) is 0.697. The van der Waals surface area contributed by atoms with Crippen LogP contribution in [0.1, 0.15) is 32.9 Å². The highest BCUT2D eigenvalue weighted by molar-refractivity contribution is 5.98. The van der Waals surface area contributed by atoms with E-state index in [-0.39, 0.29) is 11.8 Å². The van der Waals surface area contributed by atoms with Crippen molar-refractivity contribution in [3.63, 3.8) is 0 Å². The lowest BCUT2D eigenvalue weighted by Gasteiger charge is -2.12. The lowest BCUT2D eigenvalue weighted by Crippen LogP contribution is -2.31. The van der Waals surface area contributed by atoms with E-state index in [0.29, 0.717) is 30.0 Å². The summed E-state index contributed by atoms with van der Waals surface area (Å²) in [6, 6.07) is 14.4. The summed E-state index contributed by atoms with van der Waals surface area (Å²) in [4.78, 5) is 25.1. The van der Waals surface area contributed by atoms with E-state index in [1.807, 2.05) is 31.2 Å². The van der Waals surface area contributed by atoms with Gasteiger partial charge in [0.2, 0.25) is 0 Å². The first-order valence-electron chi connectivity index (χ1n) is 9.36. The average Bonchev–Trinajstić information content (AvgIpc) is 3.30. The minimum Gasteiger partial charge on any atom is -0.480 e. The SMILES string of the molecule is Cc1noc(C)c1CNC(=O)c1cccc(NC(=O)C2Cc3ccccc3O2)c1. The zero-order valence-corrected chi connectivity index (χ0v) is 16.2. The summed E-state index contributed by atoms with van der Waals surface area (Å²) in [6.45, 7) is 3.96. The van der Waals surface area contributed by atoms with E-state index in [9.17, 15) is 9.59 Å². The molecular weight excluding hydrogens is 370 g/mol. The Kier molecular flexibility index (Phi) is 5.03. The predicted octanol–water partition coefficient (Wildman–Crippen LogP) is 3.16. The molecule has 3 aromatic rings. The molecular formula is C22H21N3O4. The Balaban J connectivity index is 1.38. The van der Waals surface area contributed by atoms with E-state index >= 15 is 0 Å². The molecule has 0 saturated heterocycles. The highest BCUT2D eigenvalue weighted by Crippen LogP contribution is 2.28. The smallest absolute Gasteiger partial charge is 0.265 e. The second kappa shape index (κ2) is 7.79. The van der Waals surface area contributed by atoms with Crippen LogP contribution < -0.4 is 15.4 Å². The lowest BCUT2D eigenvalue weighted by molar-refractivity contribution is -0.122. The van der Waals surface area contributed by atoms with Crippen molar-refractivity contribution in [2.45, 2.75) is 32.9 Å². The number of aryl methyl sites for hydroxylation is 2. The van der Waals surface area contributed by atoms with Gasteiger partial charge in [-0.25, -0.2) is 0 Å². The van der Waals surface area contributed by atoms with Crippen molar-refractivity contribution in [3.8, 4) is 5.75 Å². The van der Waals surface area contributed by atoms with E-state index in [1.165, 1.54) is 0 Å². The van der Waals surface area contributed by atoms with Crippen molar-refractivity contribution >= 4 is 17.5 Å². The number of nitrogens with one attached hydrogen (secondary N) is 2. The van der Waals surface area contributed by atoms with Crippen LogP contribution in [0.2, 0.25) is 0 Å². The van der Waals surface area contributed by atoms with Crippen LogP contribution in [-0.2, 0) is 17.8 Å². The van der Waals surface area contributed by atoms with Gasteiger partial charge in [0.25, 0.3) is 11.8 Å². The van der Waals surface area contributed by atoms with Gasteiger partial charge in [-0.05, 0) is 43.7 Å². The Labute approximate surface area is 168 Å². The number of benzene rings is 2. The topological polar surface area (TPSA) is 93.5 Å². The molecule has 0 saturated carbocycles. The fraction of sp³-hybridized carbons (Fsp3) is 0.227. The lowest BCUT2D eigenvalue weighted by atomic mass is 10.1. The molecule has 1 atom stereocenters. The van der Waals surface area contributed by atoms with Gasteiger partial charge in [-0.1, -0.05) is 29.4 Å². The number of carbonyl (C=O) groups is 2. The second-order valence-electron chi connectivity index (χ2n) is 6.97. The van der Waals surface area contributed by atoms with Crippen LogP contribution in [0.5, 0.6) is 5.75 Å². The normalized spacial score (nSPS) is 14.8. The number of amides is 2. The number of nitrogens with zero attached hydrogens (tertiary/aromatic N) is 1. The molecule has 2 amide bonds. The molecule has 0 fully saturated rings. The standard InChI is InChI=1S/C22H21N3O4/c1-13-18(14(2)29-25-13)12-23-21(26)16-7-5-8-17(10-16)24-22(27)20-11-15-6-3-4-9-19(15)28-20/h3-10,20H,11-12H2,1-2H3,(H,23,26)(H,24,27). The minimum absolute atomic E-state index is 0.241. The number of carbonyl (C=O) groups excluding carboxylic acids is 2. The Bertz CT molecular complexity index is 1030. The van der Waals surface area contributed by atoms with Gasteiger partial charge in [0.15, 0.2) is 6.10 Å². The summed E-state index contributed by atoms with van der Waals surface area (Å²) in [5, 5.41) is 9.57. The van der Waals surface area contributed by atoms with Crippen LogP contribution >= 0.6 is 0 Å². The van der Waals surface area contributed by atoms with Crippen LogP contribution in [0.25, 0.3) is 0 Å². The first kappa shape index (κ1) is 18.7. The average molecular weight is 391 g/mol. The Hall–Kier alpha value is -3.61. The number of hydrogen-bond acceptors (Lipinski definition) is 5. The number of aromatic nitrogens is 1.